The minimum Gasteiger partial charge on any atom is -0.323 e. The standard InChI is InChI=1S/C20H44N2O2Si2/c1-9-19(3)21-23-25(5,6)17-15-13-11-12-14-16-18-26(7,8)24-22-20(4)10-2/h9-10,21-22H,11-18H2,1-8H3/b19-9+,20-10+. The molecule has 0 radical (unpaired) electrons. The molecule has 0 unspecified atom stereocenters. The molecule has 0 aliphatic heterocycles. The molecule has 0 atom stereocenters. The highest BCUT2D eigenvalue weighted by molar-refractivity contribution is 6.71. The van der Waals surface area contributed by atoms with Gasteiger partial charge in [0.2, 0.25) is 16.6 Å². The highest BCUT2D eigenvalue weighted by Gasteiger charge is 2.23. The molecule has 6 heteroatoms. The molecule has 26 heavy (non-hydrogen) atoms. The molecule has 0 rings (SSSR count). The second kappa shape index (κ2) is 13.6. The molecule has 0 aliphatic carbocycles. The quantitative estimate of drug-likeness (QED) is 0.184. The molecule has 0 amide bonds. The molecular weight excluding hydrogens is 356 g/mol. The van der Waals surface area contributed by atoms with Crippen molar-refractivity contribution in [1.29, 1.82) is 0 Å². The van der Waals surface area contributed by atoms with Crippen LogP contribution >= 0.6 is 0 Å². The molecule has 0 aromatic carbocycles. The van der Waals surface area contributed by atoms with Crippen LogP contribution in [0.4, 0.5) is 0 Å². The molecule has 154 valence electrons. The number of hydrogen-bond acceptors (Lipinski definition) is 4. The summed E-state index contributed by atoms with van der Waals surface area (Å²) in [5, 5.41) is 0. The number of rotatable bonds is 15. The lowest BCUT2D eigenvalue weighted by atomic mass is 10.1. The first kappa shape index (κ1) is 25.4. The third kappa shape index (κ3) is 14.6. The zero-order chi connectivity index (χ0) is 20.1. The summed E-state index contributed by atoms with van der Waals surface area (Å²) in [7, 11) is -3.16. The molecule has 0 aromatic heterocycles. The Morgan fingerprint density at radius 2 is 0.962 bits per heavy atom. The molecule has 0 fully saturated rings. The summed E-state index contributed by atoms with van der Waals surface area (Å²) >= 11 is 0. The van der Waals surface area contributed by atoms with Crippen molar-refractivity contribution >= 4 is 16.6 Å². The second-order valence-electron chi connectivity index (χ2n) is 8.49. The van der Waals surface area contributed by atoms with Crippen molar-refractivity contribution in [3.05, 3.63) is 23.5 Å². The fourth-order valence-electron chi connectivity index (χ4n) is 2.47. The van der Waals surface area contributed by atoms with Gasteiger partial charge in [0, 0.05) is 11.4 Å². The summed E-state index contributed by atoms with van der Waals surface area (Å²) < 4.78 is 11.8. The van der Waals surface area contributed by atoms with E-state index < -0.39 is 16.6 Å². The maximum Gasteiger partial charge on any atom is 0.223 e. The normalized spacial score (nSPS) is 13.8. The van der Waals surface area contributed by atoms with E-state index in [1.807, 2.05) is 39.8 Å². The van der Waals surface area contributed by atoms with Crippen LogP contribution < -0.4 is 11.0 Å². The van der Waals surface area contributed by atoms with Gasteiger partial charge in [-0.2, -0.15) is 0 Å². The predicted molar refractivity (Wildman–Crippen MR) is 120 cm³/mol. The summed E-state index contributed by atoms with van der Waals surface area (Å²) in [6, 6.07) is 2.45. The Bertz CT molecular complexity index is 396. The average Bonchev–Trinajstić information content (AvgIpc) is 2.59. The SMILES string of the molecule is C/C=C(\C)NO[Si](C)(C)CCCCCCCC[Si](C)(C)ON/C(C)=C/C. The van der Waals surface area contributed by atoms with Crippen LogP contribution in [0.3, 0.4) is 0 Å². The zero-order valence-electron chi connectivity index (χ0n) is 18.6. The molecule has 0 aromatic rings. The van der Waals surface area contributed by atoms with Gasteiger partial charge in [0.05, 0.1) is 0 Å². The lowest BCUT2D eigenvalue weighted by molar-refractivity contribution is 0.216. The minimum atomic E-state index is -1.58. The van der Waals surface area contributed by atoms with E-state index >= 15 is 0 Å². The number of hydroxylamine groups is 2. The Morgan fingerprint density at radius 3 is 1.27 bits per heavy atom. The third-order valence-electron chi connectivity index (χ3n) is 4.65. The Kier molecular flexibility index (Phi) is 13.3. The van der Waals surface area contributed by atoms with Gasteiger partial charge in [0.25, 0.3) is 0 Å². The Labute approximate surface area is 165 Å². The fraction of sp³-hybridized carbons (Fsp3) is 0.800. The van der Waals surface area contributed by atoms with Crippen molar-refractivity contribution < 1.29 is 9.05 Å². The smallest absolute Gasteiger partial charge is 0.223 e. The summed E-state index contributed by atoms with van der Waals surface area (Å²) in [5.74, 6) is 0. The molecule has 0 saturated carbocycles. The number of hydrogen-bond donors (Lipinski definition) is 2. The van der Waals surface area contributed by atoms with E-state index in [2.05, 4.69) is 37.1 Å². The molecule has 0 aliphatic rings. The van der Waals surface area contributed by atoms with Gasteiger partial charge in [-0.05, 0) is 66.0 Å². The largest absolute Gasteiger partial charge is 0.323 e. The van der Waals surface area contributed by atoms with Crippen molar-refractivity contribution in [2.75, 3.05) is 0 Å². The van der Waals surface area contributed by atoms with Crippen LogP contribution in [0.2, 0.25) is 38.3 Å². The van der Waals surface area contributed by atoms with Crippen molar-refractivity contribution in [2.45, 2.75) is 104 Å². The van der Waals surface area contributed by atoms with Crippen LogP contribution in [0.15, 0.2) is 23.5 Å². The van der Waals surface area contributed by atoms with Gasteiger partial charge in [0.1, 0.15) is 0 Å². The van der Waals surface area contributed by atoms with Crippen molar-refractivity contribution in [3.8, 4) is 0 Å². The summed E-state index contributed by atoms with van der Waals surface area (Å²) in [6.45, 7) is 17.3. The average molecular weight is 401 g/mol. The van der Waals surface area contributed by atoms with Crippen LogP contribution in [0, 0.1) is 0 Å². The highest BCUT2D eigenvalue weighted by Crippen LogP contribution is 2.19. The molecular formula is C20H44N2O2Si2. The third-order valence-corrected chi connectivity index (χ3v) is 9.07. The van der Waals surface area contributed by atoms with Gasteiger partial charge < -0.3 is 9.05 Å². The summed E-state index contributed by atoms with van der Waals surface area (Å²) in [4.78, 5) is 0. The lowest BCUT2D eigenvalue weighted by Crippen LogP contribution is -2.36. The maximum absolute atomic E-state index is 5.91. The van der Waals surface area contributed by atoms with Gasteiger partial charge in [-0.3, -0.25) is 11.0 Å². The molecule has 0 spiro atoms. The zero-order valence-corrected chi connectivity index (χ0v) is 20.6. The number of nitrogens with one attached hydrogen (secondary N) is 2. The van der Waals surface area contributed by atoms with E-state index in [1.165, 1.54) is 50.6 Å². The van der Waals surface area contributed by atoms with Gasteiger partial charge >= 0.3 is 0 Å². The Morgan fingerprint density at radius 1 is 0.654 bits per heavy atom. The number of allylic oxidation sites excluding steroid dienone is 4. The summed E-state index contributed by atoms with van der Waals surface area (Å²) in [5.41, 5.74) is 8.35. The van der Waals surface area contributed by atoms with E-state index in [0.29, 0.717) is 0 Å². The van der Waals surface area contributed by atoms with Crippen molar-refractivity contribution in [3.63, 3.8) is 0 Å². The van der Waals surface area contributed by atoms with E-state index in [4.69, 9.17) is 9.05 Å². The Balaban J connectivity index is 3.69. The van der Waals surface area contributed by atoms with Crippen LogP contribution in [-0.4, -0.2) is 16.6 Å². The Hall–Kier alpha value is -0.566. The number of unbranched alkanes of at least 4 members (excludes halogenated alkanes) is 5. The van der Waals surface area contributed by atoms with Crippen molar-refractivity contribution in [2.24, 2.45) is 0 Å². The first-order valence-electron chi connectivity index (χ1n) is 10.3. The molecule has 0 heterocycles. The van der Waals surface area contributed by atoms with Crippen LogP contribution in [-0.2, 0) is 9.05 Å². The lowest BCUT2D eigenvalue weighted by Gasteiger charge is -2.23. The second-order valence-corrected chi connectivity index (χ2v) is 16.9. The monoisotopic (exact) mass is 400 g/mol. The maximum atomic E-state index is 5.91. The predicted octanol–water partition coefficient (Wildman–Crippen LogP) is 6.63. The van der Waals surface area contributed by atoms with E-state index in [0.717, 1.165) is 11.4 Å². The van der Waals surface area contributed by atoms with E-state index in [-0.39, 0.29) is 0 Å². The fourth-order valence-corrected chi connectivity index (χ4v) is 5.75. The van der Waals surface area contributed by atoms with Crippen LogP contribution in [0.1, 0.15) is 66.2 Å². The van der Waals surface area contributed by atoms with Crippen LogP contribution in [0.25, 0.3) is 0 Å². The molecule has 4 nitrogen and oxygen atoms in total. The van der Waals surface area contributed by atoms with Crippen LogP contribution in [0.5, 0.6) is 0 Å². The first-order chi connectivity index (χ1) is 12.1. The molecule has 2 N–H and O–H groups in total. The van der Waals surface area contributed by atoms with E-state index in [1.54, 1.807) is 0 Å². The topological polar surface area (TPSA) is 42.5 Å². The molecule has 0 saturated heterocycles. The van der Waals surface area contributed by atoms with E-state index in [9.17, 15) is 0 Å². The van der Waals surface area contributed by atoms with Gasteiger partial charge in [-0.15, -0.1) is 0 Å². The van der Waals surface area contributed by atoms with Gasteiger partial charge in [-0.25, -0.2) is 0 Å². The molecule has 0 bridgehead atoms. The van der Waals surface area contributed by atoms with Crippen molar-refractivity contribution in [1.82, 2.24) is 11.0 Å². The highest BCUT2D eigenvalue weighted by atomic mass is 28.4. The van der Waals surface area contributed by atoms with Gasteiger partial charge in [0.15, 0.2) is 0 Å². The summed E-state index contributed by atoms with van der Waals surface area (Å²) in [6.07, 6.45) is 12.0. The van der Waals surface area contributed by atoms with Gasteiger partial charge in [-0.1, -0.05) is 50.7 Å². The first-order valence-corrected chi connectivity index (χ1v) is 16.5. The minimum absolute atomic E-state index is 1.09.